The fourth-order valence-corrected chi connectivity index (χ4v) is 6.70. The van der Waals surface area contributed by atoms with Crippen molar-refractivity contribution in [2.24, 2.45) is 0 Å². The van der Waals surface area contributed by atoms with Gasteiger partial charge in [0.15, 0.2) is 0 Å². The first-order chi connectivity index (χ1) is 17.6. The zero-order valence-electron chi connectivity index (χ0n) is 22.1. The molecular weight excluding hydrogens is 482 g/mol. The number of aromatic nitrogens is 2. The number of nitrogens with zero attached hydrogens (tertiary/aromatic N) is 2. The predicted molar refractivity (Wildman–Crippen MR) is 151 cm³/mol. The first-order valence-electron chi connectivity index (χ1n) is 12.8. The molecule has 1 fully saturated rings. The SMILES string of the molecule is Cc1cc(C)c(S(=O)(=O)N[C@@H](C)CNc2cc(C)cc3c2cnn3-c2ccc(NC3CC3)cc2)c(C)c1. The molecule has 3 aromatic carbocycles. The number of hydrogen-bond donors (Lipinski definition) is 3. The van der Waals surface area contributed by atoms with Crippen molar-refractivity contribution in [3.05, 3.63) is 77.0 Å². The number of sulfonamides is 1. The average Bonchev–Trinajstić information content (AvgIpc) is 3.52. The van der Waals surface area contributed by atoms with E-state index in [9.17, 15) is 8.42 Å². The van der Waals surface area contributed by atoms with E-state index in [1.165, 1.54) is 12.8 Å². The molecule has 1 aromatic heterocycles. The van der Waals surface area contributed by atoms with Crippen molar-refractivity contribution in [2.45, 2.75) is 64.4 Å². The van der Waals surface area contributed by atoms with Crippen molar-refractivity contribution in [1.29, 1.82) is 0 Å². The minimum Gasteiger partial charge on any atom is -0.383 e. The Morgan fingerprint density at radius 1 is 0.973 bits per heavy atom. The van der Waals surface area contributed by atoms with Crippen LogP contribution < -0.4 is 15.4 Å². The van der Waals surface area contributed by atoms with Gasteiger partial charge in [-0.1, -0.05) is 17.7 Å². The average molecular weight is 518 g/mol. The van der Waals surface area contributed by atoms with Gasteiger partial charge in [-0.15, -0.1) is 0 Å². The summed E-state index contributed by atoms with van der Waals surface area (Å²) in [4.78, 5) is 0.363. The van der Waals surface area contributed by atoms with Crippen LogP contribution in [0.1, 0.15) is 42.0 Å². The zero-order valence-corrected chi connectivity index (χ0v) is 22.9. The molecule has 4 aromatic rings. The van der Waals surface area contributed by atoms with E-state index in [2.05, 4.69) is 63.8 Å². The molecule has 5 rings (SSSR count). The van der Waals surface area contributed by atoms with Gasteiger partial charge in [-0.25, -0.2) is 17.8 Å². The Morgan fingerprint density at radius 2 is 1.62 bits per heavy atom. The smallest absolute Gasteiger partial charge is 0.241 e. The standard InChI is InChI=1S/C29H35N5O2S/c1-18-12-20(3)29(21(4)13-18)37(35,36)33-22(5)16-30-27-14-19(2)15-28-26(27)17-31-34(28)25-10-8-24(9-11-25)32-23-6-7-23/h8-15,17,22-23,30,32-33H,6-7,16H2,1-5H3/t22-/m0/s1. The lowest BCUT2D eigenvalue weighted by atomic mass is 10.1. The molecule has 0 spiro atoms. The summed E-state index contributed by atoms with van der Waals surface area (Å²) in [5.74, 6) is 0. The molecule has 0 unspecified atom stereocenters. The third kappa shape index (κ3) is 5.50. The van der Waals surface area contributed by atoms with Crippen molar-refractivity contribution in [3.8, 4) is 5.69 Å². The van der Waals surface area contributed by atoms with E-state index in [0.717, 1.165) is 50.2 Å². The van der Waals surface area contributed by atoms with E-state index in [0.29, 0.717) is 17.5 Å². The molecule has 0 aliphatic heterocycles. The molecule has 1 aliphatic rings. The second kappa shape index (κ2) is 9.84. The topological polar surface area (TPSA) is 88.1 Å². The van der Waals surface area contributed by atoms with Crippen LogP contribution >= 0.6 is 0 Å². The Kier molecular flexibility index (Phi) is 6.72. The minimum absolute atomic E-state index is 0.317. The predicted octanol–water partition coefficient (Wildman–Crippen LogP) is 5.61. The summed E-state index contributed by atoms with van der Waals surface area (Å²) in [6.07, 6.45) is 4.35. The quantitative estimate of drug-likeness (QED) is 0.269. The lowest BCUT2D eigenvalue weighted by Crippen LogP contribution is -2.38. The number of aryl methyl sites for hydroxylation is 4. The molecule has 0 saturated heterocycles. The Morgan fingerprint density at radius 3 is 2.27 bits per heavy atom. The Labute approximate surface area is 219 Å². The number of benzene rings is 3. The molecule has 1 atom stereocenters. The van der Waals surface area contributed by atoms with Crippen LogP contribution in [0.5, 0.6) is 0 Å². The van der Waals surface area contributed by atoms with E-state index >= 15 is 0 Å². The summed E-state index contributed by atoms with van der Waals surface area (Å²) in [5, 5.41) is 12.6. The normalized spacial score (nSPS) is 14.6. The molecule has 1 aliphatic carbocycles. The van der Waals surface area contributed by atoms with Gasteiger partial charge in [-0.3, -0.25) is 0 Å². The summed E-state index contributed by atoms with van der Waals surface area (Å²) in [6.45, 7) is 10.0. The molecule has 1 saturated carbocycles. The van der Waals surface area contributed by atoms with Crippen LogP contribution in [0.4, 0.5) is 11.4 Å². The third-order valence-corrected chi connectivity index (χ3v) is 8.62. The van der Waals surface area contributed by atoms with Crippen molar-refractivity contribution in [1.82, 2.24) is 14.5 Å². The highest BCUT2D eigenvalue weighted by Gasteiger charge is 2.23. The maximum Gasteiger partial charge on any atom is 0.241 e. The first-order valence-corrected chi connectivity index (χ1v) is 14.3. The van der Waals surface area contributed by atoms with Gasteiger partial charge >= 0.3 is 0 Å². The highest BCUT2D eigenvalue weighted by Crippen LogP contribution is 2.29. The zero-order chi connectivity index (χ0) is 26.3. The molecule has 8 heteroatoms. The third-order valence-electron chi connectivity index (χ3n) is 6.72. The molecule has 0 radical (unpaired) electrons. The minimum atomic E-state index is -3.64. The van der Waals surface area contributed by atoms with Crippen LogP contribution in [0.3, 0.4) is 0 Å². The van der Waals surface area contributed by atoms with E-state index in [4.69, 9.17) is 0 Å². The van der Waals surface area contributed by atoms with E-state index in [1.807, 2.05) is 50.7 Å². The molecule has 1 heterocycles. The fourth-order valence-electron chi connectivity index (χ4n) is 5.00. The second-order valence-corrected chi connectivity index (χ2v) is 12.0. The van der Waals surface area contributed by atoms with Gasteiger partial charge in [-0.2, -0.15) is 5.10 Å². The number of nitrogens with one attached hydrogen (secondary N) is 3. The van der Waals surface area contributed by atoms with Gasteiger partial charge in [0.2, 0.25) is 10.0 Å². The number of anilines is 2. The van der Waals surface area contributed by atoms with Crippen molar-refractivity contribution in [3.63, 3.8) is 0 Å². The van der Waals surface area contributed by atoms with Gasteiger partial charge in [0.25, 0.3) is 0 Å². The maximum absolute atomic E-state index is 13.2. The highest BCUT2D eigenvalue weighted by molar-refractivity contribution is 7.89. The van der Waals surface area contributed by atoms with Crippen molar-refractivity contribution in [2.75, 3.05) is 17.2 Å². The molecule has 0 amide bonds. The lowest BCUT2D eigenvalue weighted by Gasteiger charge is -2.19. The van der Waals surface area contributed by atoms with Gasteiger partial charge in [0, 0.05) is 35.4 Å². The van der Waals surface area contributed by atoms with Crippen LogP contribution in [0.2, 0.25) is 0 Å². The van der Waals surface area contributed by atoms with Crippen molar-refractivity contribution < 1.29 is 8.42 Å². The first kappa shape index (κ1) is 25.3. The van der Waals surface area contributed by atoms with E-state index < -0.39 is 10.0 Å². The maximum atomic E-state index is 13.2. The van der Waals surface area contributed by atoms with Crippen molar-refractivity contribution >= 4 is 32.3 Å². The number of hydrogen-bond acceptors (Lipinski definition) is 5. The fraction of sp³-hybridized carbons (Fsp3) is 0.345. The van der Waals surface area contributed by atoms with Crippen LogP contribution in [0.15, 0.2) is 59.6 Å². The van der Waals surface area contributed by atoms with Gasteiger partial charge < -0.3 is 10.6 Å². The highest BCUT2D eigenvalue weighted by atomic mass is 32.2. The monoisotopic (exact) mass is 517 g/mol. The van der Waals surface area contributed by atoms with E-state index in [-0.39, 0.29) is 6.04 Å². The Balaban J connectivity index is 1.33. The number of fused-ring (bicyclic) bond motifs is 1. The summed E-state index contributed by atoms with van der Waals surface area (Å²) in [6, 6.07) is 16.7. The summed E-state index contributed by atoms with van der Waals surface area (Å²) < 4.78 is 31.1. The van der Waals surface area contributed by atoms with Crippen LogP contribution in [-0.2, 0) is 10.0 Å². The largest absolute Gasteiger partial charge is 0.383 e. The van der Waals surface area contributed by atoms with Gasteiger partial charge in [-0.05, 0) is 101 Å². The van der Waals surface area contributed by atoms with Crippen LogP contribution in [0, 0.1) is 27.7 Å². The molecule has 3 N–H and O–H groups in total. The molecule has 194 valence electrons. The van der Waals surface area contributed by atoms with E-state index in [1.54, 1.807) is 0 Å². The molecule has 37 heavy (non-hydrogen) atoms. The summed E-state index contributed by atoms with van der Waals surface area (Å²) in [7, 11) is -3.64. The summed E-state index contributed by atoms with van der Waals surface area (Å²) >= 11 is 0. The number of rotatable bonds is 9. The van der Waals surface area contributed by atoms with Crippen LogP contribution in [0.25, 0.3) is 16.6 Å². The molecular formula is C29H35N5O2S. The van der Waals surface area contributed by atoms with Gasteiger partial charge in [0.1, 0.15) is 0 Å². The lowest BCUT2D eigenvalue weighted by molar-refractivity contribution is 0.564. The summed E-state index contributed by atoms with van der Waals surface area (Å²) in [5.41, 5.74) is 7.74. The molecule has 0 bridgehead atoms. The van der Waals surface area contributed by atoms with Crippen LogP contribution in [-0.4, -0.2) is 36.8 Å². The molecule has 7 nitrogen and oxygen atoms in total. The second-order valence-electron chi connectivity index (χ2n) is 10.4. The Bertz CT molecular complexity index is 1530. The van der Waals surface area contributed by atoms with Gasteiger partial charge in [0.05, 0.1) is 22.3 Å². The Hall–Kier alpha value is -3.36.